The highest BCUT2D eigenvalue weighted by Crippen LogP contribution is 2.09. The summed E-state index contributed by atoms with van der Waals surface area (Å²) < 4.78 is 31.0. The summed E-state index contributed by atoms with van der Waals surface area (Å²) in [6.45, 7) is 0.325. The van der Waals surface area contributed by atoms with Crippen LogP contribution in [0.3, 0.4) is 0 Å². The van der Waals surface area contributed by atoms with Crippen LogP contribution >= 0.6 is 0 Å². The number of sulfonamides is 1. The summed E-state index contributed by atoms with van der Waals surface area (Å²) in [6, 6.07) is 24.8. The smallest absolute Gasteiger partial charge is 0.408 e. The Kier molecular flexibility index (Phi) is 9.39. The SMILES string of the molecule is CNS(=O)(=O)Cc1ccc(CNC(=O)[C@H](Cc2ccccc2)NC(=O)OCc2ccccc2)cc1. The van der Waals surface area contributed by atoms with Gasteiger partial charge in [-0.3, -0.25) is 4.79 Å². The average Bonchev–Trinajstić information content (AvgIpc) is 2.87. The molecule has 0 heterocycles. The van der Waals surface area contributed by atoms with Crippen LogP contribution < -0.4 is 15.4 Å². The summed E-state index contributed by atoms with van der Waals surface area (Å²) in [7, 11) is -1.99. The summed E-state index contributed by atoms with van der Waals surface area (Å²) >= 11 is 0. The van der Waals surface area contributed by atoms with Crippen LogP contribution in [0.5, 0.6) is 0 Å². The van der Waals surface area contributed by atoms with Crippen molar-refractivity contribution in [3.05, 3.63) is 107 Å². The third-order valence-electron chi connectivity index (χ3n) is 5.26. The van der Waals surface area contributed by atoms with Gasteiger partial charge in [-0.2, -0.15) is 0 Å². The molecule has 0 fully saturated rings. The topological polar surface area (TPSA) is 114 Å². The fourth-order valence-electron chi connectivity index (χ4n) is 3.32. The van der Waals surface area contributed by atoms with Gasteiger partial charge >= 0.3 is 6.09 Å². The minimum absolute atomic E-state index is 0.0992. The van der Waals surface area contributed by atoms with Gasteiger partial charge in [-0.15, -0.1) is 0 Å². The molecule has 3 aromatic rings. The number of amides is 2. The minimum atomic E-state index is -3.36. The van der Waals surface area contributed by atoms with E-state index in [2.05, 4.69) is 15.4 Å². The van der Waals surface area contributed by atoms with Gasteiger partial charge in [-0.1, -0.05) is 84.9 Å². The molecule has 0 aliphatic carbocycles. The van der Waals surface area contributed by atoms with E-state index in [-0.39, 0.29) is 24.8 Å². The summed E-state index contributed by atoms with van der Waals surface area (Å²) in [5.41, 5.74) is 3.18. The number of benzene rings is 3. The standard InChI is InChI=1S/C26H29N3O5S/c1-27-35(32,33)19-23-14-12-21(13-15-23)17-28-25(30)24(16-20-8-4-2-5-9-20)29-26(31)34-18-22-10-6-3-7-11-22/h2-15,24,27H,16-19H2,1H3,(H,28,30)(H,29,31)/t24-/m0/s1. The molecule has 1 atom stereocenters. The lowest BCUT2D eigenvalue weighted by Gasteiger charge is -2.19. The van der Waals surface area contributed by atoms with Gasteiger partial charge in [0.25, 0.3) is 0 Å². The van der Waals surface area contributed by atoms with Crippen molar-refractivity contribution >= 4 is 22.0 Å². The molecule has 0 aliphatic heterocycles. The Labute approximate surface area is 205 Å². The zero-order valence-corrected chi connectivity index (χ0v) is 20.3. The van der Waals surface area contributed by atoms with E-state index in [4.69, 9.17) is 4.74 Å². The summed E-state index contributed by atoms with van der Waals surface area (Å²) in [5, 5.41) is 5.50. The van der Waals surface area contributed by atoms with Gasteiger partial charge in [0.2, 0.25) is 15.9 Å². The molecular weight excluding hydrogens is 466 g/mol. The number of carbonyl (C=O) groups excluding carboxylic acids is 2. The highest BCUT2D eigenvalue weighted by molar-refractivity contribution is 7.88. The molecule has 0 bridgehead atoms. The van der Waals surface area contributed by atoms with Crippen molar-refractivity contribution in [2.75, 3.05) is 7.05 Å². The normalized spacial score (nSPS) is 11.9. The minimum Gasteiger partial charge on any atom is -0.445 e. The van der Waals surface area contributed by atoms with Crippen LogP contribution in [0.25, 0.3) is 0 Å². The quantitative estimate of drug-likeness (QED) is 0.379. The maximum Gasteiger partial charge on any atom is 0.408 e. The van der Waals surface area contributed by atoms with Crippen molar-refractivity contribution in [2.45, 2.75) is 31.4 Å². The number of carbonyl (C=O) groups is 2. The summed E-state index contributed by atoms with van der Waals surface area (Å²) in [4.78, 5) is 25.4. The lowest BCUT2D eigenvalue weighted by Crippen LogP contribution is -2.48. The summed E-state index contributed by atoms with van der Waals surface area (Å²) in [6.07, 6.45) is -0.381. The van der Waals surface area contributed by atoms with Crippen molar-refractivity contribution in [1.82, 2.24) is 15.4 Å². The molecule has 0 unspecified atom stereocenters. The van der Waals surface area contributed by atoms with Crippen molar-refractivity contribution in [3.8, 4) is 0 Å². The second-order valence-electron chi connectivity index (χ2n) is 7.95. The van der Waals surface area contributed by atoms with Gasteiger partial charge in [0.1, 0.15) is 12.6 Å². The first-order valence-electron chi connectivity index (χ1n) is 11.1. The Morgan fingerprint density at radius 3 is 1.97 bits per heavy atom. The van der Waals surface area contributed by atoms with E-state index in [1.165, 1.54) is 7.05 Å². The molecule has 9 heteroatoms. The first-order chi connectivity index (χ1) is 16.8. The first-order valence-corrected chi connectivity index (χ1v) is 12.8. The van der Waals surface area contributed by atoms with E-state index >= 15 is 0 Å². The van der Waals surface area contributed by atoms with Crippen LogP contribution in [-0.4, -0.2) is 33.5 Å². The Morgan fingerprint density at radius 1 is 0.800 bits per heavy atom. The average molecular weight is 496 g/mol. The van der Waals surface area contributed by atoms with Crippen LogP contribution in [0.4, 0.5) is 4.79 Å². The fourth-order valence-corrected chi connectivity index (χ4v) is 4.10. The van der Waals surface area contributed by atoms with E-state index in [1.807, 2.05) is 60.7 Å². The molecule has 0 saturated carbocycles. The number of hydrogen-bond donors (Lipinski definition) is 3. The second-order valence-corrected chi connectivity index (χ2v) is 9.87. The number of rotatable bonds is 11. The number of ether oxygens (including phenoxy) is 1. The molecule has 0 spiro atoms. The molecule has 0 saturated heterocycles. The predicted molar refractivity (Wildman–Crippen MR) is 134 cm³/mol. The molecule has 3 rings (SSSR count). The second kappa shape index (κ2) is 12.7. The Bertz CT molecular complexity index is 1200. The molecule has 2 amide bonds. The Morgan fingerprint density at radius 2 is 1.37 bits per heavy atom. The van der Waals surface area contributed by atoms with Crippen molar-refractivity contribution in [1.29, 1.82) is 0 Å². The molecule has 0 radical (unpaired) electrons. The van der Waals surface area contributed by atoms with Gasteiger partial charge in [-0.05, 0) is 29.3 Å². The molecule has 8 nitrogen and oxygen atoms in total. The molecule has 184 valence electrons. The van der Waals surface area contributed by atoms with Gasteiger partial charge < -0.3 is 15.4 Å². The van der Waals surface area contributed by atoms with E-state index in [0.717, 1.165) is 16.7 Å². The van der Waals surface area contributed by atoms with Crippen molar-refractivity contribution in [2.24, 2.45) is 0 Å². The first kappa shape index (κ1) is 25.9. The summed E-state index contributed by atoms with van der Waals surface area (Å²) in [5.74, 6) is -0.475. The Hall–Kier alpha value is -3.69. The third-order valence-corrected chi connectivity index (χ3v) is 6.60. The molecule has 3 aromatic carbocycles. The van der Waals surface area contributed by atoms with Crippen LogP contribution in [0.15, 0.2) is 84.9 Å². The van der Waals surface area contributed by atoms with E-state index in [0.29, 0.717) is 12.0 Å². The predicted octanol–water partition coefficient (Wildman–Crippen LogP) is 2.89. The highest BCUT2D eigenvalue weighted by Gasteiger charge is 2.22. The van der Waals surface area contributed by atoms with Crippen molar-refractivity contribution < 1.29 is 22.7 Å². The van der Waals surface area contributed by atoms with Gasteiger partial charge in [-0.25, -0.2) is 17.9 Å². The highest BCUT2D eigenvalue weighted by atomic mass is 32.2. The zero-order chi connectivity index (χ0) is 25.1. The molecule has 3 N–H and O–H groups in total. The molecule has 0 aromatic heterocycles. The Balaban J connectivity index is 1.59. The van der Waals surface area contributed by atoms with E-state index in [9.17, 15) is 18.0 Å². The fraction of sp³-hybridized carbons (Fsp3) is 0.231. The van der Waals surface area contributed by atoms with Crippen LogP contribution in [0.1, 0.15) is 22.3 Å². The van der Waals surface area contributed by atoms with E-state index < -0.39 is 22.2 Å². The maximum atomic E-state index is 13.0. The monoisotopic (exact) mass is 495 g/mol. The number of hydrogen-bond acceptors (Lipinski definition) is 5. The van der Waals surface area contributed by atoms with Gasteiger partial charge in [0.05, 0.1) is 5.75 Å². The molecule has 0 aliphatic rings. The zero-order valence-electron chi connectivity index (χ0n) is 19.4. The lowest BCUT2D eigenvalue weighted by atomic mass is 10.1. The maximum absolute atomic E-state index is 13.0. The number of nitrogens with one attached hydrogen (secondary N) is 3. The number of alkyl carbamates (subject to hydrolysis) is 1. The van der Waals surface area contributed by atoms with Crippen molar-refractivity contribution in [3.63, 3.8) is 0 Å². The lowest BCUT2D eigenvalue weighted by molar-refractivity contribution is -0.123. The van der Waals surface area contributed by atoms with Gasteiger partial charge in [0.15, 0.2) is 0 Å². The van der Waals surface area contributed by atoms with Crippen LogP contribution in [-0.2, 0) is 44.9 Å². The van der Waals surface area contributed by atoms with Crippen LogP contribution in [0, 0.1) is 0 Å². The van der Waals surface area contributed by atoms with Crippen LogP contribution in [0.2, 0.25) is 0 Å². The largest absolute Gasteiger partial charge is 0.445 e. The molecular formula is C26H29N3O5S. The molecule has 35 heavy (non-hydrogen) atoms. The van der Waals surface area contributed by atoms with Gasteiger partial charge in [0, 0.05) is 13.0 Å². The van der Waals surface area contributed by atoms with E-state index in [1.54, 1.807) is 24.3 Å². The third kappa shape index (κ3) is 8.88.